The fraction of sp³-hybridized carbons (Fsp3) is 0.267. The molecule has 0 saturated carbocycles. The maximum atomic E-state index is 14.8. The number of hydrogen-bond acceptors (Lipinski definition) is 4. The molecule has 1 saturated heterocycles. The summed E-state index contributed by atoms with van der Waals surface area (Å²) in [4.78, 5) is 2.19. The van der Waals surface area contributed by atoms with E-state index in [-0.39, 0.29) is 11.9 Å². The average Bonchev–Trinajstić information content (AvgIpc) is 2.91. The monoisotopic (exact) mass is 470 g/mol. The van der Waals surface area contributed by atoms with Gasteiger partial charge >= 0.3 is 0 Å². The number of ether oxygens (including phenoxy) is 2. The predicted molar refractivity (Wildman–Crippen MR) is 141 cm³/mol. The highest BCUT2D eigenvalue weighted by Crippen LogP contribution is 2.34. The van der Waals surface area contributed by atoms with E-state index in [1.54, 1.807) is 19.2 Å². The van der Waals surface area contributed by atoms with Crippen molar-refractivity contribution in [1.29, 1.82) is 0 Å². The van der Waals surface area contributed by atoms with Crippen LogP contribution in [0.5, 0.6) is 5.75 Å². The Morgan fingerprint density at radius 3 is 2.63 bits per heavy atom. The molecule has 1 heterocycles. The Kier molecular flexibility index (Phi) is 6.98. The summed E-state index contributed by atoms with van der Waals surface area (Å²) in [5.41, 5.74) is 5.17. The Bertz CT molecular complexity index is 1320. The lowest BCUT2D eigenvalue weighted by atomic mass is 9.94. The molecule has 180 valence electrons. The third-order valence-electron chi connectivity index (χ3n) is 6.70. The minimum Gasteiger partial charge on any atom is -0.497 e. The molecule has 5 heteroatoms. The number of hydrogen-bond donors (Lipinski definition) is 1. The van der Waals surface area contributed by atoms with Crippen LogP contribution in [0.1, 0.15) is 24.1 Å². The van der Waals surface area contributed by atoms with Gasteiger partial charge in [0, 0.05) is 31.4 Å². The first kappa shape index (κ1) is 23.3. The number of nitrogens with zero attached hydrogens (tertiary/aromatic N) is 1. The normalized spacial score (nSPS) is 14.8. The van der Waals surface area contributed by atoms with Crippen LogP contribution in [0.3, 0.4) is 0 Å². The van der Waals surface area contributed by atoms with Gasteiger partial charge in [0.15, 0.2) is 0 Å². The van der Waals surface area contributed by atoms with Gasteiger partial charge < -0.3 is 19.7 Å². The highest BCUT2D eigenvalue weighted by molar-refractivity contribution is 5.97. The van der Waals surface area contributed by atoms with Crippen molar-refractivity contribution in [2.45, 2.75) is 19.5 Å². The van der Waals surface area contributed by atoms with Crippen molar-refractivity contribution in [1.82, 2.24) is 5.32 Å². The molecule has 0 spiro atoms. The molecule has 0 amide bonds. The van der Waals surface area contributed by atoms with Gasteiger partial charge in [-0.15, -0.1) is 0 Å². The molecule has 1 atom stereocenters. The van der Waals surface area contributed by atoms with Gasteiger partial charge in [0.1, 0.15) is 11.6 Å². The Morgan fingerprint density at radius 2 is 1.80 bits per heavy atom. The summed E-state index contributed by atoms with van der Waals surface area (Å²) in [5, 5.41) is 5.90. The first-order valence-corrected chi connectivity index (χ1v) is 12.1. The number of anilines is 1. The van der Waals surface area contributed by atoms with Crippen molar-refractivity contribution >= 4 is 16.5 Å². The zero-order valence-electron chi connectivity index (χ0n) is 20.3. The van der Waals surface area contributed by atoms with Crippen molar-refractivity contribution < 1.29 is 13.9 Å². The number of methoxy groups -OCH3 is 1. The minimum absolute atomic E-state index is 0.155. The lowest BCUT2D eigenvalue weighted by Gasteiger charge is -2.29. The van der Waals surface area contributed by atoms with E-state index in [9.17, 15) is 4.39 Å². The van der Waals surface area contributed by atoms with Gasteiger partial charge in [0.05, 0.1) is 20.3 Å². The first-order chi connectivity index (χ1) is 17.1. The van der Waals surface area contributed by atoms with Crippen molar-refractivity contribution in [3.05, 3.63) is 95.8 Å². The Morgan fingerprint density at radius 1 is 0.971 bits per heavy atom. The predicted octanol–water partition coefficient (Wildman–Crippen LogP) is 6.34. The Hall–Kier alpha value is -3.41. The maximum Gasteiger partial charge on any atom is 0.125 e. The lowest BCUT2D eigenvalue weighted by molar-refractivity contribution is 0.122. The molecule has 1 aliphatic heterocycles. The van der Waals surface area contributed by atoms with Crippen LogP contribution in [-0.4, -0.2) is 33.4 Å². The highest BCUT2D eigenvalue weighted by atomic mass is 19.1. The Balaban J connectivity index is 1.47. The molecule has 0 aliphatic carbocycles. The molecule has 1 aliphatic rings. The molecule has 4 nitrogen and oxygen atoms in total. The molecule has 0 aromatic heterocycles. The van der Waals surface area contributed by atoms with E-state index in [4.69, 9.17) is 9.47 Å². The van der Waals surface area contributed by atoms with Crippen LogP contribution >= 0.6 is 0 Å². The number of fused-ring (bicyclic) bond motifs is 1. The van der Waals surface area contributed by atoms with Crippen molar-refractivity contribution in [2.24, 2.45) is 0 Å². The van der Waals surface area contributed by atoms with Gasteiger partial charge in [0.2, 0.25) is 0 Å². The second-order valence-electron chi connectivity index (χ2n) is 9.04. The molecule has 1 fully saturated rings. The summed E-state index contributed by atoms with van der Waals surface area (Å²) in [6.45, 7) is 5.73. The third kappa shape index (κ3) is 5.31. The highest BCUT2D eigenvalue weighted by Gasteiger charge is 2.15. The topological polar surface area (TPSA) is 33.7 Å². The Labute approximate surface area is 206 Å². The van der Waals surface area contributed by atoms with E-state index in [0.29, 0.717) is 19.8 Å². The summed E-state index contributed by atoms with van der Waals surface area (Å²) in [6.07, 6.45) is 0. The van der Waals surface area contributed by atoms with Crippen LogP contribution in [0, 0.1) is 5.82 Å². The van der Waals surface area contributed by atoms with Crippen LogP contribution in [0.2, 0.25) is 0 Å². The minimum atomic E-state index is -0.219. The number of morpholine rings is 1. The SMILES string of the molecule is COc1cccc(C(C)NCc2cc(-c3cc(F)cc(N4CCOCC4)c3)c3ccccc3c2)c1. The second-order valence-corrected chi connectivity index (χ2v) is 9.04. The van der Waals surface area contributed by atoms with Gasteiger partial charge in [-0.25, -0.2) is 4.39 Å². The van der Waals surface area contributed by atoms with E-state index in [2.05, 4.69) is 59.6 Å². The second kappa shape index (κ2) is 10.5. The molecule has 4 aromatic rings. The molecule has 0 radical (unpaired) electrons. The van der Waals surface area contributed by atoms with Crippen molar-refractivity contribution in [3.63, 3.8) is 0 Å². The van der Waals surface area contributed by atoms with Crippen LogP contribution in [-0.2, 0) is 11.3 Å². The maximum absolute atomic E-state index is 14.8. The summed E-state index contributed by atoms with van der Waals surface area (Å²) in [7, 11) is 1.69. The standard InChI is InChI=1S/C30H31FN2O2/c1-21(23-7-5-8-28(18-23)34-2)32-20-22-14-24-6-3-4-9-29(24)30(15-22)25-16-26(31)19-27(17-25)33-10-12-35-13-11-33/h3-9,14-19,21,32H,10-13,20H2,1-2H3. The fourth-order valence-electron chi connectivity index (χ4n) is 4.75. The smallest absolute Gasteiger partial charge is 0.125 e. The fourth-order valence-corrected chi connectivity index (χ4v) is 4.75. The largest absolute Gasteiger partial charge is 0.497 e. The third-order valence-corrected chi connectivity index (χ3v) is 6.70. The van der Waals surface area contributed by atoms with E-state index in [0.717, 1.165) is 52.0 Å². The summed E-state index contributed by atoms with van der Waals surface area (Å²) in [5.74, 6) is 0.634. The molecular formula is C30H31FN2O2. The van der Waals surface area contributed by atoms with E-state index in [1.165, 1.54) is 5.56 Å². The lowest BCUT2D eigenvalue weighted by Crippen LogP contribution is -2.36. The van der Waals surface area contributed by atoms with Crippen LogP contribution in [0.15, 0.2) is 78.9 Å². The number of benzene rings is 4. The summed E-state index contributed by atoms with van der Waals surface area (Å²) < 4.78 is 25.6. The number of nitrogens with one attached hydrogen (secondary N) is 1. The first-order valence-electron chi connectivity index (χ1n) is 12.1. The molecule has 1 unspecified atom stereocenters. The molecule has 0 bridgehead atoms. The molecule has 1 N–H and O–H groups in total. The van der Waals surface area contributed by atoms with Gasteiger partial charge in [-0.1, -0.05) is 36.4 Å². The van der Waals surface area contributed by atoms with Crippen LogP contribution in [0.4, 0.5) is 10.1 Å². The van der Waals surface area contributed by atoms with Gasteiger partial charge in [0.25, 0.3) is 0 Å². The van der Waals surface area contributed by atoms with Crippen molar-refractivity contribution in [2.75, 3.05) is 38.3 Å². The average molecular weight is 471 g/mol. The summed E-state index contributed by atoms with van der Waals surface area (Å²) in [6, 6.07) is 26.4. The zero-order chi connectivity index (χ0) is 24.2. The molecule has 4 aromatic carbocycles. The van der Waals surface area contributed by atoms with Crippen molar-refractivity contribution in [3.8, 4) is 16.9 Å². The molecular weight excluding hydrogens is 439 g/mol. The molecule has 35 heavy (non-hydrogen) atoms. The van der Waals surface area contributed by atoms with Gasteiger partial charge in [-0.05, 0) is 82.4 Å². The van der Waals surface area contributed by atoms with Crippen LogP contribution in [0.25, 0.3) is 21.9 Å². The molecule has 5 rings (SSSR count). The zero-order valence-corrected chi connectivity index (χ0v) is 20.3. The number of rotatable bonds is 7. The number of halogens is 1. The van der Waals surface area contributed by atoms with E-state index >= 15 is 0 Å². The van der Waals surface area contributed by atoms with E-state index in [1.807, 2.05) is 24.3 Å². The quantitative estimate of drug-likeness (QED) is 0.342. The summed E-state index contributed by atoms with van der Waals surface area (Å²) >= 11 is 0. The van der Waals surface area contributed by atoms with Gasteiger partial charge in [-0.3, -0.25) is 0 Å². The van der Waals surface area contributed by atoms with E-state index < -0.39 is 0 Å². The van der Waals surface area contributed by atoms with Gasteiger partial charge in [-0.2, -0.15) is 0 Å². The van der Waals surface area contributed by atoms with Crippen LogP contribution < -0.4 is 15.0 Å².